The molecular formula is C16H19N7O5. The molecule has 12 nitrogen and oxygen atoms in total. The number of guanidine groups is 1. The Hall–Kier alpha value is -4.09. The predicted molar refractivity (Wildman–Crippen MR) is 97.7 cm³/mol. The van der Waals surface area contributed by atoms with Crippen molar-refractivity contribution in [2.75, 3.05) is 20.2 Å². The van der Waals surface area contributed by atoms with E-state index in [-0.39, 0.29) is 41.8 Å². The monoisotopic (exact) mass is 389 g/mol. The van der Waals surface area contributed by atoms with E-state index in [1.54, 1.807) is 0 Å². The molecule has 0 aliphatic carbocycles. The topological polar surface area (TPSA) is 198 Å². The summed E-state index contributed by atoms with van der Waals surface area (Å²) in [6.07, 6.45) is 0. The maximum atomic E-state index is 12.0. The predicted octanol–water partition coefficient (Wildman–Crippen LogP) is -1.30. The van der Waals surface area contributed by atoms with E-state index >= 15 is 0 Å². The van der Waals surface area contributed by atoms with Gasteiger partial charge in [-0.15, -0.1) is 0 Å². The van der Waals surface area contributed by atoms with Crippen LogP contribution < -0.4 is 22.1 Å². The molecule has 2 aromatic heterocycles. The van der Waals surface area contributed by atoms with Gasteiger partial charge in [0.1, 0.15) is 22.8 Å². The Labute approximate surface area is 158 Å². The van der Waals surface area contributed by atoms with Gasteiger partial charge < -0.3 is 36.8 Å². The number of carbonyl (C=O) groups is 4. The van der Waals surface area contributed by atoms with Crippen LogP contribution in [-0.2, 0) is 4.74 Å². The minimum Gasteiger partial charge on any atom is -0.464 e. The first-order chi connectivity index (χ1) is 13.3. The third-order valence-electron chi connectivity index (χ3n) is 3.42. The third kappa shape index (κ3) is 5.20. The molecule has 0 saturated heterocycles. The molecule has 0 bridgehead atoms. The summed E-state index contributed by atoms with van der Waals surface area (Å²) in [5.74, 6) is -2.61. The number of rotatable bonds is 7. The lowest BCUT2D eigenvalue weighted by Crippen LogP contribution is -2.35. The van der Waals surface area contributed by atoms with Gasteiger partial charge in [-0.05, 0) is 24.3 Å². The molecule has 8 N–H and O–H groups in total. The van der Waals surface area contributed by atoms with Gasteiger partial charge in [0.05, 0.1) is 7.11 Å². The van der Waals surface area contributed by atoms with Crippen LogP contribution in [0.3, 0.4) is 0 Å². The van der Waals surface area contributed by atoms with Crippen LogP contribution in [0.25, 0.3) is 0 Å². The number of H-pyrrole nitrogens is 2. The molecule has 0 spiro atoms. The van der Waals surface area contributed by atoms with E-state index in [4.69, 9.17) is 11.5 Å². The molecular weight excluding hydrogens is 370 g/mol. The minimum absolute atomic E-state index is 0.0556. The Morgan fingerprint density at radius 2 is 1.36 bits per heavy atom. The summed E-state index contributed by atoms with van der Waals surface area (Å²) in [7, 11) is 1.23. The molecule has 12 heteroatoms. The average molecular weight is 389 g/mol. The smallest absolute Gasteiger partial charge is 0.354 e. The molecule has 3 amide bonds. The maximum Gasteiger partial charge on any atom is 0.354 e. The van der Waals surface area contributed by atoms with Crippen molar-refractivity contribution in [1.82, 2.24) is 20.6 Å². The summed E-state index contributed by atoms with van der Waals surface area (Å²) >= 11 is 0. The zero-order chi connectivity index (χ0) is 20.7. The van der Waals surface area contributed by atoms with Crippen LogP contribution in [0, 0.1) is 0 Å². The normalized spacial score (nSPS) is 10.0. The van der Waals surface area contributed by atoms with Gasteiger partial charge in [0.15, 0.2) is 5.96 Å². The fourth-order valence-electron chi connectivity index (χ4n) is 2.13. The molecule has 0 unspecified atom stereocenters. The van der Waals surface area contributed by atoms with Gasteiger partial charge in [0.2, 0.25) is 0 Å². The van der Waals surface area contributed by atoms with Crippen LogP contribution >= 0.6 is 0 Å². The highest BCUT2D eigenvalue weighted by Gasteiger charge is 2.14. The first kappa shape index (κ1) is 20.2. The number of esters is 1. The van der Waals surface area contributed by atoms with Gasteiger partial charge >= 0.3 is 5.97 Å². The number of carbonyl (C=O) groups excluding carboxylic acids is 4. The summed E-state index contributed by atoms with van der Waals surface area (Å²) in [5, 5.41) is 5.14. The van der Waals surface area contributed by atoms with Gasteiger partial charge in [0.25, 0.3) is 17.7 Å². The van der Waals surface area contributed by atoms with Gasteiger partial charge in [0, 0.05) is 13.1 Å². The highest BCUT2D eigenvalue weighted by molar-refractivity contribution is 6.02. The number of nitrogens with two attached hydrogens (primary N) is 2. The molecule has 28 heavy (non-hydrogen) atoms. The molecule has 2 aromatic rings. The van der Waals surface area contributed by atoms with Crippen molar-refractivity contribution < 1.29 is 23.9 Å². The summed E-state index contributed by atoms with van der Waals surface area (Å²) < 4.78 is 4.54. The molecule has 0 aliphatic rings. The van der Waals surface area contributed by atoms with E-state index in [1.165, 1.54) is 31.4 Å². The van der Waals surface area contributed by atoms with E-state index in [2.05, 4.69) is 30.3 Å². The first-order valence-electron chi connectivity index (χ1n) is 7.98. The lowest BCUT2D eigenvalue weighted by molar-refractivity contribution is 0.0594. The molecule has 0 saturated carbocycles. The van der Waals surface area contributed by atoms with E-state index in [9.17, 15) is 19.2 Å². The molecule has 0 aliphatic heterocycles. The fraction of sp³-hybridized carbons (Fsp3) is 0.188. The molecule has 0 atom stereocenters. The number of hydrogen-bond acceptors (Lipinski definition) is 5. The minimum atomic E-state index is -0.705. The number of methoxy groups -OCH3 is 1. The standard InChI is InChI=1S/C16H19N7O5/c1-28-15(27)11-5-4-9(22-11)13(25)20-7-6-19-12(24)8-2-3-10(21-8)14(26)23-16(17)18/h2-5,21-22H,6-7H2,1H3,(H,19,24)(H,20,25)(H4,17,18,23,26). The van der Waals surface area contributed by atoms with Crippen molar-refractivity contribution in [2.24, 2.45) is 16.5 Å². The van der Waals surface area contributed by atoms with E-state index in [0.717, 1.165) is 0 Å². The molecule has 148 valence electrons. The van der Waals surface area contributed by atoms with E-state index in [1.807, 2.05) is 0 Å². The van der Waals surface area contributed by atoms with Crippen molar-refractivity contribution in [3.8, 4) is 0 Å². The van der Waals surface area contributed by atoms with Gasteiger partial charge in [-0.25, -0.2) is 4.79 Å². The third-order valence-corrected chi connectivity index (χ3v) is 3.42. The summed E-state index contributed by atoms with van der Waals surface area (Å²) in [6.45, 7) is 0.267. The lowest BCUT2D eigenvalue weighted by Gasteiger charge is -2.05. The molecule has 0 radical (unpaired) electrons. The second kappa shape index (κ2) is 9.02. The van der Waals surface area contributed by atoms with Crippen LogP contribution in [0.15, 0.2) is 29.3 Å². The lowest BCUT2D eigenvalue weighted by atomic mass is 10.4. The van der Waals surface area contributed by atoms with Gasteiger partial charge in [-0.3, -0.25) is 14.4 Å². The average Bonchev–Trinajstić information content (AvgIpc) is 3.33. The zero-order valence-electron chi connectivity index (χ0n) is 14.9. The number of nitrogens with one attached hydrogen (secondary N) is 4. The van der Waals surface area contributed by atoms with Crippen molar-refractivity contribution in [3.05, 3.63) is 47.0 Å². The quantitative estimate of drug-likeness (QED) is 0.146. The van der Waals surface area contributed by atoms with Crippen LogP contribution in [0.2, 0.25) is 0 Å². The maximum absolute atomic E-state index is 12.0. The van der Waals surface area contributed by atoms with Crippen molar-refractivity contribution in [2.45, 2.75) is 0 Å². The van der Waals surface area contributed by atoms with Crippen molar-refractivity contribution in [1.29, 1.82) is 0 Å². The van der Waals surface area contributed by atoms with Crippen LogP contribution in [0.4, 0.5) is 0 Å². The highest BCUT2D eigenvalue weighted by atomic mass is 16.5. The van der Waals surface area contributed by atoms with Crippen LogP contribution in [-0.4, -0.2) is 59.8 Å². The largest absolute Gasteiger partial charge is 0.464 e. The van der Waals surface area contributed by atoms with Crippen molar-refractivity contribution >= 4 is 29.7 Å². The molecule has 0 aromatic carbocycles. The summed E-state index contributed by atoms with van der Waals surface area (Å²) in [5.41, 5.74) is 10.8. The summed E-state index contributed by atoms with van der Waals surface area (Å²) in [4.78, 5) is 55.5. The Morgan fingerprint density at radius 1 is 0.893 bits per heavy atom. The molecule has 2 rings (SSSR count). The number of aromatic nitrogens is 2. The number of ether oxygens (including phenoxy) is 1. The van der Waals surface area contributed by atoms with Gasteiger partial charge in [-0.2, -0.15) is 4.99 Å². The van der Waals surface area contributed by atoms with Gasteiger partial charge in [-0.1, -0.05) is 0 Å². The Balaban J connectivity index is 1.79. The van der Waals surface area contributed by atoms with E-state index in [0.29, 0.717) is 0 Å². The number of amides is 3. The Morgan fingerprint density at radius 3 is 1.86 bits per heavy atom. The zero-order valence-corrected chi connectivity index (χ0v) is 14.9. The SMILES string of the molecule is COC(=O)c1ccc(C(=O)NCCNC(=O)c2ccc(C(=O)N=C(N)N)[nH]2)[nH]1. The van der Waals surface area contributed by atoms with Crippen LogP contribution in [0.1, 0.15) is 42.0 Å². The van der Waals surface area contributed by atoms with Crippen LogP contribution in [0.5, 0.6) is 0 Å². The van der Waals surface area contributed by atoms with E-state index < -0.39 is 23.7 Å². The summed E-state index contributed by atoms with van der Waals surface area (Å²) in [6, 6.07) is 5.63. The number of aliphatic imine (C=N–C) groups is 1. The second-order valence-electron chi connectivity index (χ2n) is 5.42. The fourth-order valence-corrected chi connectivity index (χ4v) is 2.13. The second-order valence-corrected chi connectivity index (χ2v) is 5.42. The number of hydrogen-bond donors (Lipinski definition) is 6. The highest BCUT2D eigenvalue weighted by Crippen LogP contribution is 2.04. The molecule has 0 fully saturated rings. The number of nitrogens with zero attached hydrogens (tertiary/aromatic N) is 1. The molecule has 2 heterocycles. The Bertz CT molecular complexity index is 923. The van der Waals surface area contributed by atoms with Crippen molar-refractivity contribution in [3.63, 3.8) is 0 Å². The Kier molecular flexibility index (Phi) is 6.52. The number of aromatic amines is 2. The first-order valence-corrected chi connectivity index (χ1v) is 7.98.